The van der Waals surface area contributed by atoms with E-state index in [4.69, 9.17) is 22.1 Å². The smallest absolute Gasteiger partial charge is 0.289 e. The number of halogens is 2. The zero-order valence-electron chi connectivity index (χ0n) is 24.2. The molecule has 0 fully saturated rings. The maximum Gasteiger partial charge on any atom is 0.289 e. The summed E-state index contributed by atoms with van der Waals surface area (Å²) in [6, 6.07) is 18.3. The SMILES string of the molecule is Cc1cc(COc2ccc(Br)cc2)c(C)c(C2C(C#N)=C(N)N(c3ccc(Cl)c([N+](=O)[O-])c3)C3=C2C(=O)CC(C)(C)C3)c1. The zero-order valence-corrected chi connectivity index (χ0v) is 26.5. The molecule has 5 rings (SSSR count). The van der Waals surface area contributed by atoms with E-state index >= 15 is 0 Å². The van der Waals surface area contributed by atoms with E-state index in [9.17, 15) is 20.2 Å². The highest BCUT2D eigenvalue weighted by Gasteiger charge is 2.45. The van der Waals surface area contributed by atoms with Gasteiger partial charge in [-0.3, -0.25) is 19.8 Å². The van der Waals surface area contributed by atoms with Gasteiger partial charge in [-0.2, -0.15) is 5.26 Å². The number of hydrogen-bond acceptors (Lipinski definition) is 7. The summed E-state index contributed by atoms with van der Waals surface area (Å²) in [5.41, 5.74) is 11.4. The van der Waals surface area contributed by atoms with E-state index in [1.807, 2.05) is 64.1 Å². The predicted octanol–water partition coefficient (Wildman–Crippen LogP) is 8.15. The van der Waals surface area contributed by atoms with Crippen LogP contribution >= 0.6 is 27.5 Å². The molecule has 3 aromatic carbocycles. The summed E-state index contributed by atoms with van der Waals surface area (Å²) < 4.78 is 7.04. The molecular formula is C33H30BrClN4O4. The number of benzene rings is 3. The first-order valence-corrected chi connectivity index (χ1v) is 14.9. The van der Waals surface area contributed by atoms with Gasteiger partial charge >= 0.3 is 0 Å². The monoisotopic (exact) mass is 660 g/mol. The van der Waals surface area contributed by atoms with Crippen LogP contribution in [0.15, 0.2) is 81.7 Å². The third kappa shape index (κ3) is 5.77. The van der Waals surface area contributed by atoms with Crippen LogP contribution in [0, 0.1) is 40.7 Å². The molecule has 0 bridgehead atoms. The van der Waals surface area contributed by atoms with E-state index in [1.165, 1.54) is 12.1 Å². The molecular weight excluding hydrogens is 632 g/mol. The summed E-state index contributed by atoms with van der Waals surface area (Å²) >= 11 is 9.55. The van der Waals surface area contributed by atoms with Gasteiger partial charge < -0.3 is 10.5 Å². The molecule has 1 heterocycles. The second kappa shape index (κ2) is 11.5. The maximum absolute atomic E-state index is 14.0. The van der Waals surface area contributed by atoms with Crippen molar-refractivity contribution in [2.75, 3.05) is 4.90 Å². The first-order chi connectivity index (χ1) is 20.3. The topological polar surface area (TPSA) is 122 Å². The Balaban J connectivity index is 1.68. The third-order valence-corrected chi connectivity index (χ3v) is 8.83. The molecule has 0 saturated heterocycles. The van der Waals surface area contributed by atoms with Crippen molar-refractivity contribution in [2.45, 2.75) is 53.1 Å². The van der Waals surface area contributed by atoms with Crippen molar-refractivity contribution >= 4 is 44.7 Å². The van der Waals surface area contributed by atoms with Gasteiger partial charge in [0.2, 0.25) is 0 Å². The number of allylic oxidation sites excluding steroid dienone is 3. The average Bonchev–Trinajstić information content (AvgIpc) is 2.93. The molecule has 1 atom stereocenters. The number of nitrogens with two attached hydrogens (primary N) is 1. The van der Waals surface area contributed by atoms with Gasteiger partial charge in [0.15, 0.2) is 5.78 Å². The van der Waals surface area contributed by atoms with Crippen LogP contribution in [0.25, 0.3) is 0 Å². The van der Waals surface area contributed by atoms with Crippen molar-refractivity contribution in [3.05, 3.63) is 119 Å². The lowest BCUT2D eigenvalue weighted by Gasteiger charge is -2.44. The molecule has 0 amide bonds. The Labute approximate surface area is 263 Å². The minimum Gasteiger partial charge on any atom is -0.489 e. The van der Waals surface area contributed by atoms with Crippen molar-refractivity contribution in [3.63, 3.8) is 0 Å². The number of anilines is 1. The number of Topliss-reactive ketones (excluding diaryl/α,β-unsaturated/α-hetero) is 1. The molecule has 43 heavy (non-hydrogen) atoms. The van der Waals surface area contributed by atoms with E-state index in [-0.39, 0.29) is 27.9 Å². The van der Waals surface area contributed by atoms with Gasteiger partial charge in [-0.1, -0.05) is 59.1 Å². The molecule has 0 radical (unpaired) electrons. The van der Waals surface area contributed by atoms with Crippen LogP contribution in [0.5, 0.6) is 5.75 Å². The molecule has 10 heteroatoms. The number of carbonyl (C=O) groups is 1. The fourth-order valence-electron chi connectivity index (χ4n) is 6.00. The van der Waals surface area contributed by atoms with Gasteiger partial charge in [-0.25, -0.2) is 0 Å². The summed E-state index contributed by atoms with van der Waals surface area (Å²) in [5, 5.41) is 22.2. The number of rotatable bonds is 6. The van der Waals surface area contributed by atoms with E-state index in [0.717, 1.165) is 26.7 Å². The summed E-state index contributed by atoms with van der Waals surface area (Å²) in [7, 11) is 0. The second-order valence-electron chi connectivity index (χ2n) is 11.8. The van der Waals surface area contributed by atoms with E-state index in [1.54, 1.807) is 11.0 Å². The fraction of sp³-hybridized carbons (Fsp3) is 0.273. The fourth-order valence-corrected chi connectivity index (χ4v) is 6.45. The number of nitro groups is 1. The van der Waals surface area contributed by atoms with Crippen LogP contribution in [-0.4, -0.2) is 10.7 Å². The molecule has 0 aromatic heterocycles. The number of nitriles is 1. The summed E-state index contributed by atoms with van der Waals surface area (Å²) in [5.74, 6) is 0.0569. The van der Waals surface area contributed by atoms with Crippen molar-refractivity contribution in [1.29, 1.82) is 5.26 Å². The van der Waals surface area contributed by atoms with E-state index < -0.39 is 16.3 Å². The highest BCUT2D eigenvalue weighted by atomic mass is 79.9. The third-order valence-electron chi connectivity index (χ3n) is 7.98. The van der Waals surface area contributed by atoms with Gasteiger partial charge in [0, 0.05) is 28.2 Å². The maximum atomic E-state index is 14.0. The minimum atomic E-state index is -0.700. The lowest BCUT2D eigenvalue weighted by atomic mass is 9.68. The zero-order chi connectivity index (χ0) is 31.2. The van der Waals surface area contributed by atoms with Gasteiger partial charge in [0.05, 0.1) is 28.2 Å². The Morgan fingerprint density at radius 3 is 2.51 bits per heavy atom. The Morgan fingerprint density at radius 1 is 1.16 bits per heavy atom. The molecule has 0 spiro atoms. The van der Waals surface area contributed by atoms with Crippen LogP contribution in [0.3, 0.4) is 0 Å². The Bertz CT molecular complexity index is 1770. The highest BCUT2D eigenvalue weighted by Crippen LogP contribution is 2.51. The molecule has 2 aliphatic rings. The molecule has 8 nitrogen and oxygen atoms in total. The Morgan fingerprint density at radius 2 is 1.86 bits per heavy atom. The molecule has 1 unspecified atom stereocenters. The normalized spacial score (nSPS) is 17.9. The summed E-state index contributed by atoms with van der Waals surface area (Å²) in [4.78, 5) is 26.8. The average molecular weight is 662 g/mol. The van der Waals surface area contributed by atoms with Gasteiger partial charge in [-0.15, -0.1) is 0 Å². The van der Waals surface area contributed by atoms with Crippen LogP contribution in [0.2, 0.25) is 5.02 Å². The molecule has 220 valence electrons. The largest absolute Gasteiger partial charge is 0.489 e. The molecule has 0 saturated carbocycles. The van der Waals surface area contributed by atoms with Crippen LogP contribution in [0.1, 0.15) is 54.9 Å². The standard InChI is InChI=1S/C33H30BrClN4O4/c1-18-11-20(17-43-23-8-5-21(34)6-9-23)19(2)24(12-18)30-25(16-36)32(37)38(22-7-10-26(35)27(13-22)39(41)42)28-14-33(3,4)15-29(40)31(28)30/h5-13,30H,14-15,17,37H2,1-4H3. The van der Waals surface area contributed by atoms with E-state index in [2.05, 4.69) is 22.0 Å². The molecule has 3 aromatic rings. The number of ketones is 1. The molecule has 1 aliphatic heterocycles. The minimum absolute atomic E-state index is 0.0192. The number of carbonyl (C=O) groups excluding carboxylic acids is 1. The first kappa shape index (κ1) is 30.3. The predicted molar refractivity (Wildman–Crippen MR) is 170 cm³/mol. The van der Waals surface area contributed by atoms with Crippen LogP contribution in [0.4, 0.5) is 11.4 Å². The van der Waals surface area contributed by atoms with E-state index in [0.29, 0.717) is 42.2 Å². The van der Waals surface area contributed by atoms with Gasteiger partial charge in [-0.05, 0) is 78.8 Å². The van der Waals surface area contributed by atoms with Crippen molar-refractivity contribution in [1.82, 2.24) is 0 Å². The lowest BCUT2D eigenvalue weighted by molar-refractivity contribution is -0.384. The summed E-state index contributed by atoms with van der Waals surface area (Å²) in [6.45, 7) is 8.23. The second-order valence-corrected chi connectivity index (χ2v) is 13.1. The molecule has 2 N–H and O–H groups in total. The first-order valence-electron chi connectivity index (χ1n) is 13.7. The van der Waals surface area contributed by atoms with Gasteiger partial charge in [0.1, 0.15) is 23.2 Å². The lowest BCUT2D eigenvalue weighted by Crippen LogP contribution is -2.42. The quantitative estimate of drug-likeness (QED) is 0.209. The Hall–Kier alpha value is -4.13. The number of ether oxygens (including phenoxy) is 1. The highest BCUT2D eigenvalue weighted by molar-refractivity contribution is 9.10. The Kier molecular flexibility index (Phi) is 8.12. The van der Waals surface area contributed by atoms with Crippen molar-refractivity contribution in [2.24, 2.45) is 11.1 Å². The van der Waals surface area contributed by atoms with Crippen molar-refractivity contribution in [3.8, 4) is 11.8 Å². The van der Waals surface area contributed by atoms with Gasteiger partial charge in [0.25, 0.3) is 5.69 Å². The summed E-state index contributed by atoms with van der Waals surface area (Å²) in [6.07, 6.45) is 0.769. The number of nitro benzene ring substituents is 1. The number of hydrogen-bond donors (Lipinski definition) is 1. The number of nitrogens with zero attached hydrogens (tertiary/aromatic N) is 3. The van der Waals surface area contributed by atoms with Crippen LogP contribution < -0.4 is 15.4 Å². The van der Waals surface area contributed by atoms with Crippen LogP contribution in [-0.2, 0) is 11.4 Å². The number of aryl methyl sites for hydroxylation is 1. The molecule has 1 aliphatic carbocycles. The van der Waals surface area contributed by atoms with Crippen molar-refractivity contribution < 1.29 is 14.5 Å².